The fourth-order valence-electron chi connectivity index (χ4n) is 1.76. The summed E-state index contributed by atoms with van der Waals surface area (Å²) in [6.07, 6.45) is 12.9. The molecule has 0 aromatic carbocycles. The molecule has 0 aliphatic rings. The van der Waals surface area contributed by atoms with Crippen LogP contribution in [0.4, 0.5) is 0 Å². The number of carboxylic acid groups (broad SMARTS) is 1. The lowest BCUT2D eigenvalue weighted by atomic mass is 10.1. The second kappa shape index (κ2) is 14.8. The summed E-state index contributed by atoms with van der Waals surface area (Å²) in [4.78, 5) is 10.2. The quantitative estimate of drug-likeness (QED) is 0.535. The van der Waals surface area contributed by atoms with Crippen LogP contribution < -0.4 is 0 Å². The van der Waals surface area contributed by atoms with Gasteiger partial charge < -0.3 is 5.11 Å². The van der Waals surface area contributed by atoms with Crippen molar-refractivity contribution in [3.8, 4) is 0 Å². The van der Waals surface area contributed by atoms with E-state index in [-0.39, 0.29) is 12.4 Å². The van der Waals surface area contributed by atoms with Crippen LogP contribution in [0.1, 0.15) is 77.6 Å². The Morgan fingerprint density at radius 1 is 0.812 bits per heavy atom. The number of halogens is 1. The molecule has 0 rings (SSSR count). The molecule has 0 saturated heterocycles. The average molecular weight is 251 g/mol. The maximum atomic E-state index is 10.2. The lowest BCUT2D eigenvalue weighted by Gasteiger charge is -2.01. The molecule has 1 N–H and O–H groups in total. The molecule has 0 aliphatic heterocycles. The van der Waals surface area contributed by atoms with Crippen molar-refractivity contribution < 1.29 is 9.90 Å². The molecule has 16 heavy (non-hydrogen) atoms. The topological polar surface area (TPSA) is 37.3 Å². The fraction of sp³-hybridized carbons (Fsp3) is 0.923. The monoisotopic (exact) mass is 250 g/mol. The van der Waals surface area contributed by atoms with Gasteiger partial charge in [-0.1, -0.05) is 64.7 Å². The first-order valence-electron chi connectivity index (χ1n) is 6.49. The van der Waals surface area contributed by atoms with Crippen molar-refractivity contribution in [2.24, 2.45) is 0 Å². The van der Waals surface area contributed by atoms with E-state index >= 15 is 0 Å². The number of unbranched alkanes of at least 4 members (excludes halogenated alkanes) is 9. The van der Waals surface area contributed by atoms with Gasteiger partial charge in [-0.3, -0.25) is 4.79 Å². The van der Waals surface area contributed by atoms with Gasteiger partial charge in [0.1, 0.15) is 0 Å². The number of carbonyl (C=O) groups is 1. The molecule has 0 fully saturated rings. The van der Waals surface area contributed by atoms with Crippen LogP contribution in [0.3, 0.4) is 0 Å². The van der Waals surface area contributed by atoms with E-state index in [0.717, 1.165) is 12.8 Å². The normalized spacial score (nSPS) is 9.81. The zero-order chi connectivity index (χ0) is 11.4. The predicted octanol–water partition coefficient (Wildman–Crippen LogP) is 4.80. The van der Waals surface area contributed by atoms with Gasteiger partial charge in [0.25, 0.3) is 0 Å². The molecule has 0 aromatic heterocycles. The zero-order valence-electron chi connectivity index (χ0n) is 10.5. The molecular weight excluding hydrogens is 224 g/mol. The molecule has 0 heterocycles. The maximum Gasteiger partial charge on any atom is 0.303 e. The molecule has 98 valence electrons. The lowest BCUT2D eigenvalue weighted by molar-refractivity contribution is -0.137. The van der Waals surface area contributed by atoms with Gasteiger partial charge in [-0.2, -0.15) is 0 Å². The molecule has 0 unspecified atom stereocenters. The van der Waals surface area contributed by atoms with Gasteiger partial charge in [0.15, 0.2) is 0 Å². The van der Waals surface area contributed by atoms with Crippen molar-refractivity contribution in [2.75, 3.05) is 0 Å². The van der Waals surface area contributed by atoms with E-state index in [1.54, 1.807) is 0 Å². The van der Waals surface area contributed by atoms with Crippen molar-refractivity contribution in [2.45, 2.75) is 77.6 Å². The van der Waals surface area contributed by atoms with Crippen molar-refractivity contribution in [3.05, 3.63) is 0 Å². The van der Waals surface area contributed by atoms with Crippen LogP contribution in [0.2, 0.25) is 0 Å². The summed E-state index contributed by atoms with van der Waals surface area (Å²) in [5.74, 6) is -0.658. The molecule has 0 radical (unpaired) electrons. The van der Waals surface area contributed by atoms with Crippen LogP contribution in [0.15, 0.2) is 0 Å². The Kier molecular flexibility index (Phi) is 16.7. The summed E-state index contributed by atoms with van der Waals surface area (Å²) in [6.45, 7) is 2.24. The zero-order valence-corrected chi connectivity index (χ0v) is 11.4. The van der Waals surface area contributed by atoms with Gasteiger partial charge in [-0.25, -0.2) is 0 Å². The summed E-state index contributed by atoms with van der Waals surface area (Å²) in [6, 6.07) is 0. The van der Waals surface area contributed by atoms with E-state index in [1.165, 1.54) is 51.4 Å². The minimum Gasteiger partial charge on any atom is -0.481 e. The standard InChI is InChI=1S/C13H26O2.ClH/c1-2-3-4-5-6-7-8-9-10-11-12-13(14)15;/h2-12H2,1H3,(H,14,15);1H. The van der Waals surface area contributed by atoms with E-state index in [1.807, 2.05) is 0 Å². The molecule has 3 heteroatoms. The second-order valence-corrected chi connectivity index (χ2v) is 4.33. The summed E-state index contributed by atoms with van der Waals surface area (Å²) < 4.78 is 0. The van der Waals surface area contributed by atoms with Crippen LogP contribution in [0.5, 0.6) is 0 Å². The van der Waals surface area contributed by atoms with Crippen molar-refractivity contribution >= 4 is 18.4 Å². The van der Waals surface area contributed by atoms with Crippen LogP contribution in [0, 0.1) is 0 Å². The Bertz CT molecular complexity index is 149. The average Bonchev–Trinajstić information content (AvgIpc) is 2.20. The molecule has 0 atom stereocenters. The third-order valence-electron chi connectivity index (χ3n) is 2.74. The van der Waals surface area contributed by atoms with Crippen molar-refractivity contribution in [3.63, 3.8) is 0 Å². The van der Waals surface area contributed by atoms with Crippen molar-refractivity contribution in [1.29, 1.82) is 0 Å². The number of aliphatic carboxylic acids is 1. The second-order valence-electron chi connectivity index (χ2n) is 4.33. The SMILES string of the molecule is CCCCCCCCCCCCC(=O)O.Cl. The van der Waals surface area contributed by atoms with Crippen molar-refractivity contribution in [1.82, 2.24) is 0 Å². The van der Waals surface area contributed by atoms with Gasteiger partial charge in [0, 0.05) is 6.42 Å². The van der Waals surface area contributed by atoms with E-state index in [9.17, 15) is 4.79 Å². The fourth-order valence-corrected chi connectivity index (χ4v) is 1.76. The Balaban J connectivity index is 0. The molecule has 0 aromatic rings. The number of rotatable bonds is 11. The Morgan fingerprint density at radius 3 is 1.56 bits per heavy atom. The highest BCUT2D eigenvalue weighted by atomic mass is 35.5. The highest BCUT2D eigenvalue weighted by Crippen LogP contribution is 2.10. The molecule has 0 spiro atoms. The highest BCUT2D eigenvalue weighted by Gasteiger charge is 1.96. The van der Waals surface area contributed by atoms with Gasteiger partial charge in [0.05, 0.1) is 0 Å². The van der Waals surface area contributed by atoms with Crippen LogP contribution in [0.25, 0.3) is 0 Å². The predicted molar refractivity (Wildman–Crippen MR) is 71.3 cm³/mol. The number of hydrogen-bond acceptors (Lipinski definition) is 1. The smallest absolute Gasteiger partial charge is 0.303 e. The minimum atomic E-state index is -0.658. The first-order valence-corrected chi connectivity index (χ1v) is 6.49. The van der Waals surface area contributed by atoms with Crippen LogP contribution >= 0.6 is 12.4 Å². The van der Waals surface area contributed by atoms with Gasteiger partial charge in [-0.15, -0.1) is 12.4 Å². The summed E-state index contributed by atoms with van der Waals surface area (Å²) in [5, 5.41) is 8.44. The van der Waals surface area contributed by atoms with Gasteiger partial charge in [-0.05, 0) is 6.42 Å². The largest absolute Gasteiger partial charge is 0.481 e. The van der Waals surface area contributed by atoms with Crippen LogP contribution in [-0.4, -0.2) is 11.1 Å². The number of hydrogen-bond donors (Lipinski definition) is 1. The van der Waals surface area contributed by atoms with E-state index in [4.69, 9.17) is 5.11 Å². The first-order chi connectivity index (χ1) is 7.27. The van der Waals surface area contributed by atoms with Gasteiger partial charge >= 0.3 is 5.97 Å². The van der Waals surface area contributed by atoms with E-state index in [2.05, 4.69) is 6.92 Å². The molecule has 2 nitrogen and oxygen atoms in total. The Labute approximate surface area is 106 Å². The third-order valence-corrected chi connectivity index (χ3v) is 2.74. The Morgan fingerprint density at radius 2 is 1.19 bits per heavy atom. The molecule has 0 saturated carbocycles. The van der Waals surface area contributed by atoms with E-state index in [0.29, 0.717) is 6.42 Å². The maximum absolute atomic E-state index is 10.2. The summed E-state index contributed by atoms with van der Waals surface area (Å²) >= 11 is 0. The molecule has 0 aliphatic carbocycles. The first kappa shape index (κ1) is 18.1. The number of carboxylic acids is 1. The van der Waals surface area contributed by atoms with Gasteiger partial charge in [0.2, 0.25) is 0 Å². The lowest BCUT2D eigenvalue weighted by Crippen LogP contribution is -1.93. The third kappa shape index (κ3) is 16.2. The Hall–Kier alpha value is -0.240. The minimum absolute atomic E-state index is 0. The summed E-state index contributed by atoms with van der Waals surface area (Å²) in [5.41, 5.74) is 0. The van der Waals surface area contributed by atoms with Crippen LogP contribution in [-0.2, 0) is 4.79 Å². The highest BCUT2D eigenvalue weighted by molar-refractivity contribution is 5.85. The summed E-state index contributed by atoms with van der Waals surface area (Å²) in [7, 11) is 0. The van der Waals surface area contributed by atoms with E-state index < -0.39 is 5.97 Å². The molecule has 0 amide bonds. The molecular formula is C13H27ClO2. The molecule has 0 bridgehead atoms.